The SMILES string of the molecule is COc1cc(NC[C@@H]2CCCNC2)nc(SC)n1. The van der Waals surface area contributed by atoms with Gasteiger partial charge in [-0.1, -0.05) is 11.8 Å². The molecule has 0 amide bonds. The molecular weight excluding hydrogens is 248 g/mol. The standard InChI is InChI=1S/C12H20N4OS/c1-17-11-6-10(15-12(16-11)18-2)14-8-9-4-3-5-13-7-9/h6,9,13H,3-5,7-8H2,1-2H3,(H,14,15,16)/t9-/m1/s1. The number of aromatic nitrogens is 2. The third-order valence-electron chi connectivity index (χ3n) is 3.04. The van der Waals surface area contributed by atoms with Gasteiger partial charge < -0.3 is 15.4 Å². The number of piperidine rings is 1. The van der Waals surface area contributed by atoms with E-state index in [0.29, 0.717) is 11.8 Å². The van der Waals surface area contributed by atoms with Crippen LogP contribution in [-0.2, 0) is 0 Å². The number of hydrogen-bond donors (Lipinski definition) is 2. The van der Waals surface area contributed by atoms with Crippen LogP contribution in [0.3, 0.4) is 0 Å². The molecule has 1 aromatic heterocycles. The monoisotopic (exact) mass is 268 g/mol. The molecule has 100 valence electrons. The topological polar surface area (TPSA) is 59.1 Å². The van der Waals surface area contributed by atoms with Crippen LogP contribution in [0, 0.1) is 5.92 Å². The highest BCUT2D eigenvalue weighted by Crippen LogP contribution is 2.19. The molecule has 6 heteroatoms. The molecule has 1 aliphatic heterocycles. The van der Waals surface area contributed by atoms with Crippen molar-refractivity contribution in [1.29, 1.82) is 0 Å². The number of thioether (sulfide) groups is 1. The summed E-state index contributed by atoms with van der Waals surface area (Å²) in [5.74, 6) is 2.13. The number of hydrogen-bond acceptors (Lipinski definition) is 6. The molecule has 0 radical (unpaired) electrons. The average molecular weight is 268 g/mol. The molecule has 2 rings (SSSR count). The Hall–Kier alpha value is -1.01. The van der Waals surface area contributed by atoms with Gasteiger partial charge in [0.2, 0.25) is 5.88 Å². The van der Waals surface area contributed by atoms with E-state index in [1.807, 2.05) is 12.3 Å². The van der Waals surface area contributed by atoms with E-state index in [1.54, 1.807) is 7.11 Å². The zero-order valence-corrected chi connectivity index (χ0v) is 11.7. The van der Waals surface area contributed by atoms with E-state index < -0.39 is 0 Å². The predicted octanol–water partition coefficient (Wildman–Crippen LogP) is 1.62. The van der Waals surface area contributed by atoms with Crippen LogP contribution in [0.25, 0.3) is 0 Å². The lowest BCUT2D eigenvalue weighted by Gasteiger charge is -2.23. The lowest BCUT2D eigenvalue weighted by atomic mass is 10.00. The van der Waals surface area contributed by atoms with Crippen molar-refractivity contribution in [2.45, 2.75) is 18.0 Å². The second-order valence-corrected chi connectivity index (χ2v) is 5.15. The zero-order chi connectivity index (χ0) is 12.8. The number of ether oxygens (including phenoxy) is 1. The number of rotatable bonds is 5. The van der Waals surface area contributed by atoms with Gasteiger partial charge >= 0.3 is 0 Å². The van der Waals surface area contributed by atoms with Gasteiger partial charge in [-0.05, 0) is 38.1 Å². The maximum Gasteiger partial charge on any atom is 0.219 e. The summed E-state index contributed by atoms with van der Waals surface area (Å²) < 4.78 is 5.17. The molecule has 0 saturated carbocycles. The number of nitrogens with one attached hydrogen (secondary N) is 2. The second-order valence-electron chi connectivity index (χ2n) is 4.38. The van der Waals surface area contributed by atoms with Gasteiger partial charge in [0, 0.05) is 12.6 Å². The molecule has 1 aromatic rings. The predicted molar refractivity (Wildman–Crippen MR) is 74.4 cm³/mol. The summed E-state index contributed by atoms with van der Waals surface area (Å²) in [7, 11) is 1.63. The minimum absolute atomic E-state index is 0.610. The molecule has 0 unspecified atom stereocenters. The smallest absolute Gasteiger partial charge is 0.219 e. The van der Waals surface area contributed by atoms with Crippen LogP contribution in [-0.4, -0.2) is 43.0 Å². The molecule has 1 atom stereocenters. The van der Waals surface area contributed by atoms with Gasteiger partial charge in [0.1, 0.15) is 5.82 Å². The van der Waals surface area contributed by atoms with Gasteiger partial charge in [-0.25, -0.2) is 4.98 Å². The molecule has 0 aromatic carbocycles. The molecule has 1 fully saturated rings. The van der Waals surface area contributed by atoms with E-state index in [0.717, 1.165) is 30.6 Å². The molecule has 1 aliphatic rings. The van der Waals surface area contributed by atoms with Crippen molar-refractivity contribution in [3.05, 3.63) is 6.07 Å². The lowest BCUT2D eigenvalue weighted by Crippen LogP contribution is -2.33. The maximum atomic E-state index is 5.17. The van der Waals surface area contributed by atoms with Crippen LogP contribution in [0.15, 0.2) is 11.2 Å². The Labute approximate surface area is 112 Å². The normalized spacial score (nSPS) is 19.6. The van der Waals surface area contributed by atoms with E-state index in [-0.39, 0.29) is 0 Å². The summed E-state index contributed by atoms with van der Waals surface area (Å²) in [6.07, 6.45) is 4.50. The van der Waals surface area contributed by atoms with Crippen molar-refractivity contribution in [2.75, 3.05) is 38.3 Å². The molecule has 18 heavy (non-hydrogen) atoms. The Bertz CT molecular complexity index is 360. The molecular formula is C12H20N4OS. The van der Waals surface area contributed by atoms with Gasteiger partial charge in [0.05, 0.1) is 7.11 Å². The van der Waals surface area contributed by atoms with E-state index in [2.05, 4.69) is 20.6 Å². The summed E-state index contributed by atoms with van der Waals surface area (Å²) in [6, 6.07) is 1.84. The Morgan fingerprint density at radius 1 is 1.56 bits per heavy atom. The van der Waals surface area contributed by atoms with Crippen LogP contribution in [0.5, 0.6) is 5.88 Å². The summed E-state index contributed by atoms with van der Waals surface area (Å²) in [5.41, 5.74) is 0. The number of anilines is 1. The first-order valence-electron chi connectivity index (χ1n) is 6.23. The first kappa shape index (κ1) is 13.4. The highest BCUT2D eigenvalue weighted by molar-refractivity contribution is 7.98. The Morgan fingerprint density at radius 2 is 2.44 bits per heavy atom. The summed E-state index contributed by atoms with van der Waals surface area (Å²) in [5, 5.41) is 7.53. The van der Waals surface area contributed by atoms with Crippen LogP contribution in [0.2, 0.25) is 0 Å². The summed E-state index contributed by atoms with van der Waals surface area (Å²) in [6.45, 7) is 3.18. The molecule has 2 N–H and O–H groups in total. The minimum Gasteiger partial charge on any atom is -0.481 e. The molecule has 5 nitrogen and oxygen atoms in total. The van der Waals surface area contributed by atoms with Gasteiger partial charge in [0.25, 0.3) is 0 Å². The lowest BCUT2D eigenvalue weighted by molar-refractivity contribution is 0.389. The third-order valence-corrected chi connectivity index (χ3v) is 3.59. The van der Waals surface area contributed by atoms with Crippen LogP contribution < -0.4 is 15.4 Å². The Morgan fingerprint density at radius 3 is 3.11 bits per heavy atom. The van der Waals surface area contributed by atoms with Crippen LogP contribution in [0.1, 0.15) is 12.8 Å². The van der Waals surface area contributed by atoms with Crippen molar-refractivity contribution in [1.82, 2.24) is 15.3 Å². The fourth-order valence-corrected chi connectivity index (χ4v) is 2.41. The highest BCUT2D eigenvalue weighted by atomic mass is 32.2. The quantitative estimate of drug-likeness (QED) is 0.625. The highest BCUT2D eigenvalue weighted by Gasteiger charge is 2.13. The van der Waals surface area contributed by atoms with Crippen molar-refractivity contribution < 1.29 is 4.74 Å². The molecule has 1 saturated heterocycles. The van der Waals surface area contributed by atoms with E-state index >= 15 is 0 Å². The molecule has 0 bridgehead atoms. The van der Waals surface area contributed by atoms with Crippen molar-refractivity contribution >= 4 is 17.6 Å². The number of methoxy groups -OCH3 is 1. The Balaban J connectivity index is 1.94. The molecule has 0 spiro atoms. The fraction of sp³-hybridized carbons (Fsp3) is 0.667. The summed E-state index contributed by atoms with van der Waals surface area (Å²) in [4.78, 5) is 8.67. The second kappa shape index (κ2) is 6.80. The van der Waals surface area contributed by atoms with Gasteiger partial charge in [-0.2, -0.15) is 4.98 Å². The van der Waals surface area contributed by atoms with Crippen LogP contribution >= 0.6 is 11.8 Å². The fourth-order valence-electron chi connectivity index (χ4n) is 2.04. The van der Waals surface area contributed by atoms with E-state index in [9.17, 15) is 0 Å². The van der Waals surface area contributed by atoms with Gasteiger partial charge in [-0.15, -0.1) is 0 Å². The summed E-state index contributed by atoms with van der Waals surface area (Å²) >= 11 is 1.52. The first-order valence-corrected chi connectivity index (χ1v) is 7.46. The minimum atomic E-state index is 0.610. The van der Waals surface area contributed by atoms with Crippen molar-refractivity contribution in [2.24, 2.45) is 5.92 Å². The first-order chi connectivity index (χ1) is 8.81. The maximum absolute atomic E-state index is 5.17. The van der Waals surface area contributed by atoms with Gasteiger partial charge in [0.15, 0.2) is 5.16 Å². The molecule has 0 aliphatic carbocycles. The third kappa shape index (κ3) is 3.74. The number of nitrogens with zero attached hydrogens (tertiary/aromatic N) is 2. The molecule has 2 heterocycles. The zero-order valence-electron chi connectivity index (χ0n) is 10.9. The average Bonchev–Trinajstić information content (AvgIpc) is 2.45. The van der Waals surface area contributed by atoms with Crippen molar-refractivity contribution in [3.8, 4) is 5.88 Å². The van der Waals surface area contributed by atoms with Crippen molar-refractivity contribution in [3.63, 3.8) is 0 Å². The van der Waals surface area contributed by atoms with Gasteiger partial charge in [-0.3, -0.25) is 0 Å². The Kier molecular flexibility index (Phi) is 5.07. The van der Waals surface area contributed by atoms with Crippen LogP contribution in [0.4, 0.5) is 5.82 Å². The largest absolute Gasteiger partial charge is 0.481 e. The van der Waals surface area contributed by atoms with E-state index in [4.69, 9.17) is 4.74 Å². The van der Waals surface area contributed by atoms with E-state index in [1.165, 1.54) is 24.6 Å².